The summed E-state index contributed by atoms with van der Waals surface area (Å²) in [4.78, 5) is 16.3. The van der Waals surface area contributed by atoms with Crippen LogP contribution in [-0.4, -0.2) is 53.1 Å². The molecule has 2 amide bonds. The van der Waals surface area contributed by atoms with Gasteiger partial charge in [-0.2, -0.15) is 5.26 Å². The lowest BCUT2D eigenvalue weighted by Crippen LogP contribution is -2.32. The van der Waals surface area contributed by atoms with Gasteiger partial charge in [0.1, 0.15) is 12.1 Å². The van der Waals surface area contributed by atoms with E-state index in [-0.39, 0.29) is 0 Å². The summed E-state index contributed by atoms with van der Waals surface area (Å²) in [7, 11) is 0. The number of benzene rings is 1. The van der Waals surface area contributed by atoms with Crippen LogP contribution in [-0.2, 0) is 16.0 Å². The van der Waals surface area contributed by atoms with E-state index >= 15 is 0 Å². The number of rotatable bonds is 8. The van der Waals surface area contributed by atoms with E-state index in [1.54, 1.807) is 18.6 Å². The highest BCUT2D eigenvalue weighted by Gasteiger charge is 2.22. The van der Waals surface area contributed by atoms with E-state index in [1.165, 1.54) is 5.57 Å². The van der Waals surface area contributed by atoms with Crippen molar-refractivity contribution in [1.29, 1.82) is 5.26 Å². The molecule has 5 rings (SSSR count). The first-order chi connectivity index (χ1) is 18.6. The highest BCUT2D eigenvalue weighted by atomic mass is 16.6. The Hall–Kier alpha value is -4.16. The number of nitrogens with one attached hydrogen (secondary N) is 1. The van der Waals surface area contributed by atoms with Crippen LogP contribution in [0.15, 0.2) is 72.2 Å². The van der Waals surface area contributed by atoms with Crippen molar-refractivity contribution in [3.8, 4) is 6.07 Å². The summed E-state index contributed by atoms with van der Waals surface area (Å²) in [5.41, 5.74) is 8.08. The van der Waals surface area contributed by atoms with E-state index in [9.17, 15) is 10.1 Å². The Morgan fingerprint density at radius 3 is 2.82 bits per heavy atom. The monoisotopic (exact) mass is 514 g/mol. The Balaban J connectivity index is 1.13. The number of carbonyl (C=O) groups is 1. The minimum Gasteiger partial charge on any atom is -0.463 e. The third-order valence-electron chi connectivity index (χ3n) is 7.18. The van der Waals surface area contributed by atoms with Crippen LogP contribution in [0, 0.1) is 11.3 Å². The van der Waals surface area contributed by atoms with E-state index in [2.05, 4.69) is 39.4 Å². The van der Waals surface area contributed by atoms with Crippen LogP contribution in [0.1, 0.15) is 37.7 Å². The van der Waals surface area contributed by atoms with E-state index in [0.29, 0.717) is 11.4 Å². The van der Waals surface area contributed by atoms with Gasteiger partial charge in [-0.15, -0.1) is 0 Å². The van der Waals surface area contributed by atoms with Gasteiger partial charge in [0, 0.05) is 31.6 Å². The summed E-state index contributed by atoms with van der Waals surface area (Å²) in [6, 6.07) is 9.04. The zero-order chi connectivity index (χ0) is 26.3. The number of fused-ring (bicyclic) bond motifs is 1. The largest absolute Gasteiger partial charge is 0.463 e. The number of allylic oxidation sites excluding steroid dienone is 4. The average molecular weight is 515 g/mol. The fourth-order valence-electron chi connectivity index (χ4n) is 5.22. The predicted molar refractivity (Wildman–Crippen MR) is 147 cm³/mol. The van der Waals surface area contributed by atoms with Crippen LogP contribution >= 0.6 is 0 Å². The number of amides is 2. The molecular formula is C29H34N6O3. The highest BCUT2D eigenvalue weighted by molar-refractivity contribution is 5.93. The maximum absolute atomic E-state index is 11.5. The topological polar surface area (TPSA) is 109 Å². The SMILES string of the molecule is N#Cc1ccc2cc(NC(N)=O)n(CCCCN3CCCN(C4=COC=C(C5=CC=CCC5)O4)CC3)c2c1. The van der Waals surface area contributed by atoms with Crippen molar-refractivity contribution in [2.45, 2.75) is 38.6 Å². The molecule has 3 aliphatic rings. The lowest BCUT2D eigenvalue weighted by molar-refractivity contribution is 0.127. The quantitative estimate of drug-likeness (QED) is 0.492. The zero-order valence-corrected chi connectivity index (χ0v) is 21.6. The summed E-state index contributed by atoms with van der Waals surface area (Å²) in [5, 5.41) is 13.0. The number of unbranched alkanes of at least 4 members (excludes halogenated alkanes) is 1. The molecule has 1 saturated heterocycles. The first-order valence-corrected chi connectivity index (χ1v) is 13.3. The molecule has 0 spiro atoms. The molecular weight excluding hydrogens is 480 g/mol. The number of primary amides is 1. The number of carbonyl (C=O) groups excluding carboxylic acids is 1. The molecule has 3 N–H and O–H groups in total. The molecule has 0 bridgehead atoms. The van der Waals surface area contributed by atoms with Gasteiger partial charge in [-0.3, -0.25) is 5.32 Å². The normalized spacial score (nSPS) is 18.0. The molecule has 198 valence electrons. The lowest BCUT2D eigenvalue weighted by Gasteiger charge is -2.28. The molecule has 3 heterocycles. The molecule has 1 aromatic heterocycles. The number of aryl methyl sites for hydroxylation is 1. The fraction of sp³-hybridized carbons (Fsp3) is 0.379. The van der Waals surface area contributed by atoms with Gasteiger partial charge in [0.25, 0.3) is 0 Å². The zero-order valence-electron chi connectivity index (χ0n) is 21.6. The minimum absolute atomic E-state index is 0.592. The van der Waals surface area contributed by atoms with E-state index in [4.69, 9.17) is 15.2 Å². The Morgan fingerprint density at radius 2 is 2.00 bits per heavy atom. The highest BCUT2D eigenvalue weighted by Crippen LogP contribution is 2.28. The van der Waals surface area contributed by atoms with Crippen molar-refractivity contribution < 1.29 is 14.3 Å². The number of nitrogens with zero attached hydrogens (tertiary/aromatic N) is 4. The minimum atomic E-state index is -0.596. The second kappa shape index (κ2) is 11.9. The molecule has 9 nitrogen and oxygen atoms in total. The van der Waals surface area contributed by atoms with Crippen molar-refractivity contribution in [2.75, 3.05) is 38.0 Å². The van der Waals surface area contributed by atoms with E-state index < -0.39 is 6.03 Å². The number of urea groups is 1. The second-order valence-corrected chi connectivity index (χ2v) is 9.78. The van der Waals surface area contributed by atoms with Gasteiger partial charge in [-0.05, 0) is 69.0 Å². The molecule has 0 unspecified atom stereocenters. The number of nitriles is 1. The molecule has 0 radical (unpaired) electrons. The first-order valence-electron chi connectivity index (χ1n) is 13.3. The number of aromatic nitrogens is 1. The van der Waals surface area contributed by atoms with Crippen LogP contribution < -0.4 is 11.1 Å². The fourth-order valence-corrected chi connectivity index (χ4v) is 5.22. The van der Waals surface area contributed by atoms with E-state index in [1.807, 2.05) is 22.8 Å². The van der Waals surface area contributed by atoms with Gasteiger partial charge >= 0.3 is 6.03 Å². The number of anilines is 1. The lowest BCUT2D eigenvalue weighted by atomic mass is 10.0. The Labute approximate surface area is 223 Å². The van der Waals surface area contributed by atoms with Crippen LogP contribution in [0.25, 0.3) is 10.9 Å². The molecule has 38 heavy (non-hydrogen) atoms. The third-order valence-corrected chi connectivity index (χ3v) is 7.18. The predicted octanol–water partition coefficient (Wildman–Crippen LogP) is 4.75. The standard InChI is InChI=1S/C29H34N6O3/c30-19-22-9-10-24-18-27(32-29(31)36)35(25(24)17-22)14-5-4-11-33-12-6-13-34(16-15-33)28-21-37-20-26(38-28)23-7-2-1-3-8-23/h1-2,7,9-10,17-18,20-21H,3-6,8,11-16H2,(H3,31,32,36). The number of ether oxygens (including phenoxy) is 2. The van der Waals surface area contributed by atoms with Crippen LogP contribution in [0.2, 0.25) is 0 Å². The molecule has 9 heteroatoms. The van der Waals surface area contributed by atoms with Gasteiger partial charge in [-0.1, -0.05) is 24.3 Å². The number of hydrogen-bond acceptors (Lipinski definition) is 6. The summed E-state index contributed by atoms with van der Waals surface area (Å²) < 4.78 is 13.9. The summed E-state index contributed by atoms with van der Waals surface area (Å²) in [5.74, 6) is 2.24. The molecule has 2 aromatic rings. The van der Waals surface area contributed by atoms with Crippen LogP contribution in [0.3, 0.4) is 0 Å². The molecule has 0 saturated carbocycles. The maximum atomic E-state index is 11.5. The number of hydrogen-bond donors (Lipinski definition) is 2. The van der Waals surface area contributed by atoms with Gasteiger partial charge < -0.3 is 29.6 Å². The second-order valence-electron chi connectivity index (χ2n) is 9.78. The third kappa shape index (κ3) is 6.03. The van der Waals surface area contributed by atoms with Gasteiger partial charge in [0.05, 0.1) is 17.1 Å². The summed E-state index contributed by atoms with van der Waals surface area (Å²) in [6.45, 7) is 5.53. The van der Waals surface area contributed by atoms with Crippen LogP contribution in [0.4, 0.5) is 10.6 Å². The molecule has 1 aromatic carbocycles. The van der Waals surface area contributed by atoms with Gasteiger partial charge in [0.15, 0.2) is 12.0 Å². The smallest absolute Gasteiger partial charge is 0.317 e. The molecule has 2 aliphatic heterocycles. The Bertz CT molecular complexity index is 1350. The maximum Gasteiger partial charge on any atom is 0.317 e. The Morgan fingerprint density at radius 1 is 1.11 bits per heavy atom. The van der Waals surface area contributed by atoms with Crippen molar-refractivity contribution in [3.05, 3.63) is 77.8 Å². The molecule has 1 fully saturated rings. The van der Waals surface area contributed by atoms with Crippen LogP contribution in [0.5, 0.6) is 0 Å². The van der Waals surface area contributed by atoms with E-state index in [0.717, 1.165) is 93.9 Å². The summed E-state index contributed by atoms with van der Waals surface area (Å²) >= 11 is 0. The average Bonchev–Trinajstić information content (AvgIpc) is 3.10. The van der Waals surface area contributed by atoms with Crippen molar-refractivity contribution in [2.24, 2.45) is 5.73 Å². The van der Waals surface area contributed by atoms with Crippen molar-refractivity contribution in [3.63, 3.8) is 0 Å². The molecule has 1 aliphatic carbocycles. The van der Waals surface area contributed by atoms with Gasteiger partial charge in [-0.25, -0.2) is 4.79 Å². The van der Waals surface area contributed by atoms with Gasteiger partial charge in [0.2, 0.25) is 5.88 Å². The first kappa shape index (κ1) is 25.5. The van der Waals surface area contributed by atoms with Crippen molar-refractivity contribution in [1.82, 2.24) is 14.4 Å². The number of nitrogens with two attached hydrogens (primary N) is 1. The Kier molecular flexibility index (Phi) is 8.00. The van der Waals surface area contributed by atoms with Crippen molar-refractivity contribution >= 4 is 22.8 Å². The molecule has 0 atom stereocenters. The summed E-state index contributed by atoms with van der Waals surface area (Å²) in [6.07, 6.45) is 14.7.